The molecule has 0 bridgehead atoms. The largest absolute Gasteiger partial charge is 0.508 e. The predicted octanol–water partition coefficient (Wildman–Crippen LogP) is 4.44. The van der Waals surface area contributed by atoms with Gasteiger partial charge in [0.05, 0.1) is 0 Å². The van der Waals surface area contributed by atoms with Gasteiger partial charge in [-0.3, -0.25) is 0 Å². The summed E-state index contributed by atoms with van der Waals surface area (Å²) in [5.41, 5.74) is 1.85. The quantitative estimate of drug-likeness (QED) is 0.457. The first-order chi connectivity index (χ1) is 12.1. The third-order valence-electron chi connectivity index (χ3n) is 3.97. The first-order valence-corrected chi connectivity index (χ1v) is 8.23. The Morgan fingerprint density at radius 1 is 0.960 bits per heavy atom. The molecule has 0 unspecified atom stereocenters. The molecule has 124 valence electrons. The summed E-state index contributed by atoms with van der Waals surface area (Å²) in [4.78, 5) is 0. The number of benzene rings is 3. The van der Waals surface area contributed by atoms with Gasteiger partial charge in [0, 0.05) is 22.0 Å². The maximum Gasteiger partial charge on any atom is 0.145 e. The summed E-state index contributed by atoms with van der Waals surface area (Å²) in [6, 6.07) is 15.7. The van der Waals surface area contributed by atoms with Crippen LogP contribution in [0.2, 0.25) is 5.02 Å². The summed E-state index contributed by atoms with van der Waals surface area (Å²) in [5, 5.41) is 30.7. The van der Waals surface area contributed by atoms with Gasteiger partial charge in [-0.05, 0) is 23.6 Å². The molecule has 0 saturated heterocycles. The van der Waals surface area contributed by atoms with Crippen LogP contribution in [0.3, 0.4) is 0 Å². The monoisotopic (exact) mass is 369 g/mol. The van der Waals surface area contributed by atoms with Crippen molar-refractivity contribution in [3.63, 3.8) is 0 Å². The molecule has 4 aromatic rings. The van der Waals surface area contributed by atoms with E-state index in [1.807, 2.05) is 30.3 Å². The average molecular weight is 370 g/mol. The highest BCUT2D eigenvalue weighted by molar-refractivity contribution is 7.80. The van der Waals surface area contributed by atoms with E-state index in [0.717, 1.165) is 16.3 Å². The lowest BCUT2D eigenvalue weighted by Crippen LogP contribution is -2.00. The van der Waals surface area contributed by atoms with Gasteiger partial charge in [0.15, 0.2) is 0 Å². The standard InChI is InChI=1S/C18H12ClN3O2S/c19-14-7-6-13(11-3-1-2-4-12(11)14)17-18(25)20-21-22(17)15-8-5-10(23)9-16(15)24/h1-9,23-25H. The topological polar surface area (TPSA) is 71.2 Å². The molecule has 0 aliphatic rings. The minimum Gasteiger partial charge on any atom is -0.508 e. The lowest BCUT2D eigenvalue weighted by atomic mass is 10.0. The molecular weight excluding hydrogens is 358 g/mol. The number of hydrogen-bond donors (Lipinski definition) is 3. The Morgan fingerprint density at radius 2 is 1.72 bits per heavy atom. The second-order valence-corrected chi connectivity index (χ2v) is 6.32. The highest BCUT2D eigenvalue weighted by Crippen LogP contribution is 2.37. The lowest BCUT2D eigenvalue weighted by molar-refractivity contribution is 0.447. The molecule has 0 spiro atoms. The first kappa shape index (κ1) is 15.8. The summed E-state index contributed by atoms with van der Waals surface area (Å²) >= 11 is 10.7. The summed E-state index contributed by atoms with van der Waals surface area (Å²) < 4.78 is 1.49. The van der Waals surface area contributed by atoms with Gasteiger partial charge >= 0.3 is 0 Å². The average Bonchev–Trinajstić information content (AvgIpc) is 2.97. The first-order valence-electron chi connectivity index (χ1n) is 7.41. The second kappa shape index (κ2) is 5.98. The van der Waals surface area contributed by atoms with E-state index in [-0.39, 0.29) is 11.5 Å². The van der Waals surface area contributed by atoms with Crippen LogP contribution in [0, 0.1) is 0 Å². The van der Waals surface area contributed by atoms with E-state index in [0.29, 0.717) is 21.4 Å². The molecule has 3 aromatic carbocycles. The van der Waals surface area contributed by atoms with E-state index in [1.54, 1.807) is 12.1 Å². The number of nitrogens with zero attached hydrogens (tertiary/aromatic N) is 3. The molecule has 2 N–H and O–H groups in total. The van der Waals surface area contributed by atoms with Crippen molar-refractivity contribution < 1.29 is 10.2 Å². The number of aromatic hydroxyl groups is 2. The Hall–Kier alpha value is -2.70. The van der Waals surface area contributed by atoms with Crippen LogP contribution in [-0.4, -0.2) is 25.2 Å². The number of halogens is 1. The number of phenols is 2. The second-order valence-electron chi connectivity index (χ2n) is 5.49. The number of hydrogen-bond acceptors (Lipinski definition) is 5. The summed E-state index contributed by atoms with van der Waals surface area (Å²) in [7, 11) is 0. The van der Waals surface area contributed by atoms with E-state index >= 15 is 0 Å². The predicted molar refractivity (Wildman–Crippen MR) is 99.9 cm³/mol. The van der Waals surface area contributed by atoms with Crippen LogP contribution in [-0.2, 0) is 0 Å². The van der Waals surface area contributed by atoms with Gasteiger partial charge in [-0.15, -0.1) is 17.7 Å². The summed E-state index contributed by atoms with van der Waals surface area (Å²) in [5.74, 6) is -0.149. The van der Waals surface area contributed by atoms with Crippen molar-refractivity contribution in [3.05, 3.63) is 59.6 Å². The van der Waals surface area contributed by atoms with Crippen molar-refractivity contribution in [2.75, 3.05) is 0 Å². The highest BCUT2D eigenvalue weighted by atomic mass is 35.5. The molecule has 1 heterocycles. The number of phenolic OH excluding ortho intramolecular Hbond substituents is 2. The van der Waals surface area contributed by atoms with E-state index in [9.17, 15) is 10.2 Å². The maximum absolute atomic E-state index is 10.2. The van der Waals surface area contributed by atoms with Crippen LogP contribution in [0.4, 0.5) is 0 Å². The molecule has 0 atom stereocenters. The zero-order chi connectivity index (χ0) is 17.6. The van der Waals surface area contributed by atoms with Crippen molar-refractivity contribution in [1.82, 2.24) is 15.0 Å². The molecule has 1 aromatic heterocycles. The molecule has 0 aliphatic heterocycles. The van der Waals surface area contributed by atoms with E-state index in [1.165, 1.54) is 16.8 Å². The number of thiol groups is 1. The van der Waals surface area contributed by atoms with Gasteiger partial charge in [0.25, 0.3) is 0 Å². The van der Waals surface area contributed by atoms with Crippen LogP contribution in [0.1, 0.15) is 0 Å². The molecule has 4 rings (SSSR count). The van der Waals surface area contributed by atoms with Crippen molar-refractivity contribution >= 4 is 35.0 Å². The Kier molecular flexibility index (Phi) is 3.78. The summed E-state index contributed by atoms with van der Waals surface area (Å²) in [6.07, 6.45) is 0. The number of aromatic nitrogens is 3. The zero-order valence-electron chi connectivity index (χ0n) is 12.8. The van der Waals surface area contributed by atoms with Gasteiger partial charge in [-0.1, -0.05) is 47.1 Å². The SMILES string of the molecule is Oc1ccc(-n2nnc(S)c2-c2ccc(Cl)c3ccccc23)c(O)c1. The van der Waals surface area contributed by atoms with E-state index < -0.39 is 0 Å². The minimum absolute atomic E-state index is 0.0362. The lowest BCUT2D eigenvalue weighted by Gasteiger charge is -2.12. The van der Waals surface area contributed by atoms with Crippen molar-refractivity contribution in [1.29, 1.82) is 0 Å². The van der Waals surface area contributed by atoms with Crippen molar-refractivity contribution in [2.45, 2.75) is 5.03 Å². The fourth-order valence-corrected chi connectivity index (χ4v) is 3.32. The molecule has 7 heteroatoms. The van der Waals surface area contributed by atoms with Crippen LogP contribution in [0.15, 0.2) is 59.6 Å². The molecule has 0 saturated carbocycles. The zero-order valence-corrected chi connectivity index (χ0v) is 14.4. The molecule has 0 amide bonds. The normalized spacial score (nSPS) is 11.1. The van der Waals surface area contributed by atoms with Gasteiger partial charge in [0.2, 0.25) is 0 Å². The molecule has 5 nitrogen and oxygen atoms in total. The Labute approximate surface area is 153 Å². The Morgan fingerprint density at radius 3 is 2.48 bits per heavy atom. The fraction of sp³-hybridized carbons (Fsp3) is 0. The summed E-state index contributed by atoms with van der Waals surface area (Å²) in [6.45, 7) is 0. The Bertz CT molecular complexity index is 1110. The van der Waals surface area contributed by atoms with E-state index in [4.69, 9.17) is 11.6 Å². The maximum atomic E-state index is 10.2. The molecule has 0 fully saturated rings. The fourth-order valence-electron chi connectivity index (χ4n) is 2.84. The van der Waals surface area contributed by atoms with Crippen LogP contribution < -0.4 is 0 Å². The van der Waals surface area contributed by atoms with E-state index in [2.05, 4.69) is 22.9 Å². The van der Waals surface area contributed by atoms with Crippen LogP contribution in [0.5, 0.6) is 11.5 Å². The van der Waals surface area contributed by atoms with Crippen molar-refractivity contribution in [3.8, 4) is 28.4 Å². The molecule has 25 heavy (non-hydrogen) atoms. The van der Waals surface area contributed by atoms with Gasteiger partial charge < -0.3 is 10.2 Å². The van der Waals surface area contributed by atoms with Gasteiger partial charge in [0.1, 0.15) is 27.9 Å². The number of fused-ring (bicyclic) bond motifs is 1. The Balaban J connectivity index is 2.03. The van der Waals surface area contributed by atoms with Crippen LogP contribution >= 0.6 is 24.2 Å². The third kappa shape index (κ3) is 2.59. The molecule has 0 radical (unpaired) electrons. The van der Waals surface area contributed by atoms with Crippen LogP contribution in [0.25, 0.3) is 27.7 Å². The van der Waals surface area contributed by atoms with Gasteiger partial charge in [-0.2, -0.15) is 0 Å². The number of rotatable bonds is 2. The highest BCUT2D eigenvalue weighted by Gasteiger charge is 2.19. The smallest absolute Gasteiger partial charge is 0.145 e. The van der Waals surface area contributed by atoms with Crippen molar-refractivity contribution in [2.24, 2.45) is 0 Å². The third-order valence-corrected chi connectivity index (χ3v) is 4.60. The molecule has 0 aliphatic carbocycles. The molecular formula is C18H12ClN3O2S. The minimum atomic E-state index is -0.113. The van der Waals surface area contributed by atoms with Gasteiger partial charge in [-0.25, -0.2) is 4.68 Å².